The fourth-order valence-electron chi connectivity index (χ4n) is 3.89. The van der Waals surface area contributed by atoms with E-state index in [4.69, 9.17) is 4.98 Å². The van der Waals surface area contributed by atoms with E-state index in [1.54, 1.807) is 21.7 Å². The van der Waals surface area contributed by atoms with Crippen molar-refractivity contribution in [3.05, 3.63) is 16.8 Å². The van der Waals surface area contributed by atoms with Crippen LogP contribution in [0.15, 0.2) is 6.33 Å². The summed E-state index contributed by atoms with van der Waals surface area (Å²) in [4.78, 5) is 16.2. The number of aryl methyl sites for hydroxylation is 1. The summed E-state index contributed by atoms with van der Waals surface area (Å²) in [5.41, 5.74) is 1.55. The van der Waals surface area contributed by atoms with E-state index in [2.05, 4.69) is 23.7 Å². The molecule has 1 fully saturated rings. The monoisotopic (exact) mass is 317 g/mol. The number of piperazine rings is 1. The van der Waals surface area contributed by atoms with Crippen LogP contribution in [0.2, 0.25) is 0 Å². The molecular weight excluding hydrogens is 292 g/mol. The highest BCUT2D eigenvalue weighted by molar-refractivity contribution is 7.19. The lowest BCUT2D eigenvalue weighted by atomic mass is 9.89. The van der Waals surface area contributed by atoms with Crippen molar-refractivity contribution in [2.24, 2.45) is 5.92 Å². The predicted octanol–water partition coefficient (Wildman–Crippen LogP) is 1.54. The summed E-state index contributed by atoms with van der Waals surface area (Å²) >= 11 is 1.90. The Morgan fingerprint density at radius 1 is 1.32 bits per heavy atom. The Kier molecular flexibility index (Phi) is 3.78. The molecule has 2 aromatic heterocycles. The van der Waals surface area contributed by atoms with Crippen LogP contribution >= 0.6 is 11.3 Å². The Bertz CT molecular complexity index is 673. The average molecular weight is 317 g/mol. The molecule has 2 aromatic rings. The molecule has 0 saturated carbocycles. The number of thiophene rings is 1. The molecule has 0 unspecified atom stereocenters. The number of quaternary nitrogens is 1. The van der Waals surface area contributed by atoms with Crippen molar-refractivity contribution in [2.45, 2.75) is 33.1 Å². The topological polar surface area (TPSA) is 33.5 Å². The zero-order chi connectivity index (χ0) is 15.1. The molecule has 0 radical (unpaired) electrons. The number of fused-ring (bicyclic) bond motifs is 3. The summed E-state index contributed by atoms with van der Waals surface area (Å²) in [5.74, 6) is 2.01. The van der Waals surface area contributed by atoms with Crippen LogP contribution < -0.4 is 9.80 Å². The number of rotatable bonds is 2. The zero-order valence-corrected chi connectivity index (χ0v) is 14.4. The molecule has 1 aliphatic carbocycles. The van der Waals surface area contributed by atoms with Gasteiger partial charge >= 0.3 is 0 Å². The second-order valence-electron chi connectivity index (χ2n) is 6.82. The van der Waals surface area contributed by atoms with E-state index in [-0.39, 0.29) is 0 Å². The first-order valence-corrected chi connectivity index (χ1v) is 9.41. The molecule has 3 heterocycles. The average Bonchev–Trinajstić information content (AvgIpc) is 2.92. The van der Waals surface area contributed by atoms with Gasteiger partial charge in [-0.15, -0.1) is 11.3 Å². The highest BCUT2D eigenvalue weighted by atomic mass is 32.1. The minimum Gasteiger partial charge on any atom is -0.345 e. The molecule has 1 aliphatic heterocycles. The van der Waals surface area contributed by atoms with Gasteiger partial charge in [0.15, 0.2) is 0 Å². The molecule has 4 nitrogen and oxygen atoms in total. The Hall–Kier alpha value is -1.20. The molecular formula is C17H25N4S+. The first-order valence-electron chi connectivity index (χ1n) is 8.60. The molecule has 0 bridgehead atoms. The largest absolute Gasteiger partial charge is 0.345 e. The molecule has 0 amide bonds. The van der Waals surface area contributed by atoms with E-state index in [0.717, 1.165) is 19.0 Å². The summed E-state index contributed by atoms with van der Waals surface area (Å²) in [6, 6.07) is 0. The molecule has 1 atom stereocenters. The Morgan fingerprint density at radius 2 is 2.14 bits per heavy atom. The maximum atomic E-state index is 4.69. The number of likely N-dealkylation sites (N-methyl/N-ethyl adjacent to an activating group) is 1. The zero-order valence-electron chi connectivity index (χ0n) is 13.6. The third-order valence-electron chi connectivity index (χ3n) is 5.34. The van der Waals surface area contributed by atoms with Gasteiger partial charge < -0.3 is 9.80 Å². The van der Waals surface area contributed by atoms with Crippen molar-refractivity contribution < 1.29 is 4.90 Å². The van der Waals surface area contributed by atoms with Gasteiger partial charge in [0.2, 0.25) is 0 Å². The van der Waals surface area contributed by atoms with Crippen LogP contribution in [0.3, 0.4) is 0 Å². The quantitative estimate of drug-likeness (QED) is 0.912. The van der Waals surface area contributed by atoms with E-state index in [0.29, 0.717) is 0 Å². The Balaban J connectivity index is 1.72. The summed E-state index contributed by atoms with van der Waals surface area (Å²) < 4.78 is 0. The van der Waals surface area contributed by atoms with Crippen molar-refractivity contribution in [3.8, 4) is 0 Å². The maximum absolute atomic E-state index is 4.69. The molecule has 1 N–H and O–H groups in total. The minimum atomic E-state index is 0.814. The number of nitrogens with zero attached hydrogens (tertiary/aromatic N) is 3. The van der Waals surface area contributed by atoms with Gasteiger partial charge in [0.25, 0.3) is 0 Å². The van der Waals surface area contributed by atoms with Crippen molar-refractivity contribution in [3.63, 3.8) is 0 Å². The van der Waals surface area contributed by atoms with Gasteiger partial charge in [-0.2, -0.15) is 0 Å². The highest BCUT2D eigenvalue weighted by Gasteiger charge is 2.27. The number of nitrogens with one attached hydrogen (secondary N) is 1. The fraction of sp³-hybridized carbons (Fsp3) is 0.647. The number of aromatic nitrogens is 2. The summed E-state index contributed by atoms with van der Waals surface area (Å²) in [6.07, 6.45) is 5.50. The predicted molar refractivity (Wildman–Crippen MR) is 92.1 cm³/mol. The first-order chi connectivity index (χ1) is 10.8. The lowest BCUT2D eigenvalue weighted by Crippen LogP contribution is -3.14. The summed E-state index contributed by atoms with van der Waals surface area (Å²) in [6.45, 7) is 10.6. The Labute approximate surface area is 136 Å². The molecule has 1 saturated heterocycles. The third-order valence-corrected chi connectivity index (χ3v) is 6.50. The SMILES string of the molecule is CC[NH+]1CCN(c2ncnc3sc4c(c23)CC[C@H](C)C4)CC1. The highest BCUT2D eigenvalue weighted by Crippen LogP contribution is 2.40. The van der Waals surface area contributed by atoms with Gasteiger partial charge in [0.05, 0.1) is 38.1 Å². The van der Waals surface area contributed by atoms with Crippen LogP contribution in [0.4, 0.5) is 5.82 Å². The van der Waals surface area contributed by atoms with Gasteiger partial charge in [-0.1, -0.05) is 6.92 Å². The van der Waals surface area contributed by atoms with Crippen LogP contribution in [-0.4, -0.2) is 42.7 Å². The van der Waals surface area contributed by atoms with Gasteiger partial charge in [-0.25, -0.2) is 9.97 Å². The van der Waals surface area contributed by atoms with Crippen LogP contribution in [0.1, 0.15) is 30.7 Å². The van der Waals surface area contributed by atoms with E-state index < -0.39 is 0 Å². The van der Waals surface area contributed by atoms with Gasteiger partial charge in [-0.3, -0.25) is 0 Å². The van der Waals surface area contributed by atoms with Crippen molar-refractivity contribution >= 4 is 27.4 Å². The van der Waals surface area contributed by atoms with Crippen molar-refractivity contribution in [1.29, 1.82) is 0 Å². The van der Waals surface area contributed by atoms with E-state index in [1.807, 2.05) is 11.3 Å². The standard InChI is InChI=1S/C17H24N4S/c1-3-20-6-8-21(9-7-20)16-15-13-5-4-12(2)10-14(13)22-17(15)19-11-18-16/h11-12H,3-10H2,1-2H3/p+1/t12-/m0/s1. The maximum Gasteiger partial charge on any atom is 0.141 e. The molecule has 5 heteroatoms. The van der Waals surface area contributed by atoms with Crippen LogP contribution in [0.5, 0.6) is 0 Å². The van der Waals surface area contributed by atoms with Crippen LogP contribution in [0, 0.1) is 5.92 Å². The van der Waals surface area contributed by atoms with Crippen molar-refractivity contribution in [1.82, 2.24) is 9.97 Å². The second-order valence-corrected chi connectivity index (χ2v) is 7.90. The van der Waals surface area contributed by atoms with Gasteiger partial charge in [0, 0.05) is 4.88 Å². The minimum absolute atomic E-state index is 0.814. The number of hydrogen-bond donors (Lipinski definition) is 1. The lowest BCUT2D eigenvalue weighted by molar-refractivity contribution is -0.898. The van der Waals surface area contributed by atoms with Gasteiger partial charge in [-0.05, 0) is 37.7 Å². The molecule has 2 aliphatic rings. The fourth-order valence-corrected chi connectivity index (χ4v) is 5.23. The molecule has 118 valence electrons. The first kappa shape index (κ1) is 14.4. The molecule has 4 rings (SSSR count). The molecule has 0 aromatic carbocycles. The smallest absolute Gasteiger partial charge is 0.141 e. The molecule has 22 heavy (non-hydrogen) atoms. The van der Waals surface area contributed by atoms with Crippen LogP contribution in [-0.2, 0) is 12.8 Å². The van der Waals surface area contributed by atoms with Crippen LogP contribution in [0.25, 0.3) is 10.2 Å². The molecule has 0 spiro atoms. The number of anilines is 1. The second kappa shape index (κ2) is 5.78. The third kappa shape index (κ3) is 2.40. The van der Waals surface area contributed by atoms with E-state index in [9.17, 15) is 0 Å². The van der Waals surface area contributed by atoms with Crippen molar-refractivity contribution in [2.75, 3.05) is 37.6 Å². The normalized spacial score (nSPS) is 23.0. The Morgan fingerprint density at radius 3 is 2.91 bits per heavy atom. The van der Waals surface area contributed by atoms with Gasteiger partial charge in [0.1, 0.15) is 17.0 Å². The number of hydrogen-bond acceptors (Lipinski definition) is 4. The van der Waals surface area contributed by atoms with E-state index >= 15 is 0 Å². The van der Waals surface area contributed by atoms with E-state index in [1.165, 1.54) is 54.9 Å². The summed E-state index contributed by atoms with van der Waals surface area (Å²) in [7, 11) is 0. The lowest BCUT2D eigenvalue weighted by Gasteiger charge is -2.32. The summed E-state index contributed by atoms with van der Waals surface area (Å²) in [5, 5.41) is 1.37.